The average molecular weight is 167 g/mol. The Balaban J connectivity index is 2.34. The van der Waals surface area contributed by atoms with Gasteiger partial charge in [0.15, 0.2) is 5.82 Å². The van der Waals surface area contributed by atoms with Gasteiger partial charge in [-0.3, -0.25) is 0 Å². The van der Waals surface area contributed by atoms with E-state index in [1.807, 2.05) is 11.6 Å². The van der Waals surface area contributed by atoms with E-state index in [2.05, 4.69) is 17.1 Å². The van der Waals surface area contributed by atoms with Crippen LogP contribution < -0.4 is 0 Å². The molecule has 0 aliphatic carbocycles. The molecule has 0 saturated carbocycles. The minimum atomic E-state index is -0.203. The highest BCUT2D eigenvalue weighted by Crippen LogP contribution is 2.33. The fraction of sp³-hybridized carbons (Fsp3) is 0.750. The average Bonchev–Trinajstić information content (AvgIpc) is 2.59. The molecule has 1 atom stereocenters. The van der Waals surface area contributed by atoms with E-state index in [0.717, 1.165) is 25.3 Å². The third-order valence-electron chi connectivity index (χ3n) is 2.40. The standard InChI is InChI=1S/C8H13N3O/c1-8(4-3-5-12-8)7-10-9-6-11(7)2/h6H,3-5H2,1-2H3. The van der Waals surface area contributed by atoms with Crippen molar-refractivity contribution in [2.24, 2.45) is 7.05 Å². The van der Waals surface area contributed by atoms with Gasteiger partial charge in [0, 0.05) is 13.7 Å². The predicted octanol–water partition coefficient (Wildman–Crippen LogP) is 0.841. The van der Waals surface area contributed by atoms with Crippen LogP contribution in [0.1, 0.15) is 25.6 Å². The molecule has 1 aliphatic heterocycles. The fourth-order valence-electron chi connectivity index (χ4n) is 1.72. The number of hydrogen-bond donors (Lipinski definition) is 0. The van der Waals surface area contributed by atoms with Crippen LogP contribution in [0.25, 0.3) is 0 Å². The maximum atomic E-state index is 5.64. The summed E-state index contributed by atoms with van der Waals surface area (Å²) in [6.07, 6.45) is 3.87. The molecule has 0 amide bonds. The maximum absolute atomic E-state index is 5.64. The zero-order valence-corrected chi connectivity index (χ0v) is 7.45. The summed E-state index contributed by atoms with van der Waals surface area (Å²) in [6, 6.07) is 0. The van der Waals surface area contributed by atoms with Gasteiger partial charge in [0.25, 0.3) is 0 Å². The maximum Gasteiger partial charge on any atom is 0.164 e. The van der Waals surface area contributed by atoms with Crippen LogP contribution in [-0.4, -0.2) is 21.4 Å². The van der Waals surface area contributed by atoms with Crippen molar-refractivity contribution in [1.29, 1.82) is 0 Å². The molecule has 1 fully saturated rings. The normalized spacial score (nSPS) is 29.5. The fourth-order valence-corrected chi connectivity index (χ4v) is 1.72. The van der Waals surface area contributed by atoms with E-state index in [9.17, 15) is 0 Å². The lowest BCUT2D eigenvalue weighted by Gasteiger charge is -2.21. The minimum Gasteiger partial charge on any atom is -0.367 e. The second-order valence-electron chi connectivity index (χ2n) is 3.45. The smallest absolute Gasteiger partial charge is 0.164 e. The Hall–Kier alpha value is -0.900. The number of nitrogens with zero attached hydrogens (tertiary/aromatic N) is 3. The summed E-state index contributed by atoms with van der Waals surface area (Å²) in [7, 11) is 1.95. The highest BCUT2D eigenvalue weighted by molar-refractivity contribution is 5.01. The lowest BCUT2D eigenvalue weighted by atomic mass is 10.0. The first kappa shape index (κ1) is 7.73. The summed E-state index contributed by atoms with van der Waals surface area (Å²) in [4.78, 5) is 0. The minimum absolute atomic E-state index is 0.203. The number of rotatable bonds is 1. The molecule has 0 bridgehead atoms. The van der Waals surface area contributed by atoms with Crippen molar-refractivity contribution in [3.63, 3.8) is 0 Å². The lowest BCUT2D eigenvalue weighted by Crippen LogP contribution is -2.24. The van der Waals surface area contributed by atoms with E-state index in [4.69, 9.17) is 4.74 Å². The quantitative estimate of drug-likeness (QED) is 0.622. The Morgan fingerprint density at radius 2 is 2.50 bits per heavy atom. The molecule has 1 saturated heterocycles. The molecule has 66 valence electrons. The van der Waals surface area contributed by atoms with E-state index < -0.39 is 0 Å². The van der Waals surface area contributed by atoms with E-state index >= 15 is 0 Å². The van der Waals surface area contributed by atoms with Crippen LogP contribution >= 0.6 is 0 Å². The van der Waals surface area contributed by atoms with Crippen molar-refractivity contribution < 1.29 is 4.74 Å². The monoisotopic (exact) mass is 167 g/mol. The van der Waals surface area contributed by atoms with E-state index in [-0.39, 0.29) is 5.60 Å². The Morgan fingerprint density at radius 3 is 3.00 bits per heavy atom. The summed E-state index contributed by atoms with van der Waals surface area (Å²) in [5, 5.41) is 7.90. The summed E-state index contributed by atoms with van der Waals surface area (Å²) in [5.74, 6) is 0.931. The first-order valence-corrected chi connectivity index (χ1v) is 4.21. The highest BCUT2D eigenvalue weighted by atomic mass is 16.5. The van der Waals surface area contributed by atoms with Crippen molar-refractivity contribution >= 4 is 0 Å². The Kier molecular flexibility index (Phi) is 1.65. The second-order valence-corrected chi connectivity index (χ2v) is 3.45. The van der Waals surface area contributed by atoms with Gasteiger partial charge in [-0.25, -0.2) is 0 Å². The van der Waals surface area contributed by atoms with Crippen LogP contribution in [0.2, 0.25) is 0 Å². The summed E-state index contributed by atoms with van der Waals surface area (Å²) in [5.41, 5.74) is -0.203. The van der Waals surface area contributed by atoms with Crippen molar-refractivity contribution in [3.8, 4) is 0 Å². The van der Waals surface area contributed by atoms with Crippen LogP contribution in [-0.2, 0) is 17.4 Å². The molecule has 1 aliphatic rings. The van der Waals surface area contributed by atoms with Gasteiger partial charge in [-0.05, 0) is 19.8 Å². The summed E-state index contributed by atoms with van der Waals surface area (Å²) >= 11 is 0. The molecule has 1 aromatic rings. The molecule has 2 rings (SSSR count). The molecular formula is C8H13N3O. The number of aryl methyl sites for hydroxylation is 1. The number of aromatic nitrogens is 3. The lowest BCUT2D eigenvalue weighted by molar-refractivity contribution is 0.00693. The Labute approximate surface area is 71.6 Å². The van der Waals surface area contributed by atoms with Gasteiger partial charge in [-0.15, -0.1) is 10.2 Å². The SMILES string of the molecule is Cn1cnnc1C1(C)CCCO1. The van der Waals surface area contributed by atoms with Crippen LogP contribution in [0.15, 0.2) is 6.33 Å². The van der Waals surface area contributed by atoms with Crippen LogP contribution in [0.3, 0.4) is 0 Å². The zero-order chi connectivity index (χ0) is 8.60. The van der Waals surface area contributed by atoms with E-state index in [1.165, 1.54) is 0 Å². The third-order valence-corrected chi connectivity index (χ3v) is 2.40. The number of hydrogen-bond acceptors (Lipinski definition) is 3. The predicted molar refractivity (Wildman–Crippen MR) is 43.5 cm³/mol. The van der Waals surface area contributed by atoms with Crippen molar-refractivity contribution in [2.45, 2.75) is 25.4 Å². The van der Waals surface area contributed by atoms with Crippen LogP contribution in [0.5, 0.6) is 0 Å². The molecule has 12 heavy (non-hydrogen) atoms. The molecule has 0 spiro atoms. The molecular weight excluding hydrogens is 154 g/mol. The zero-order valence-electron chi connectivity index (χ0n) is 7.45. The molecule has 0 radical (unpaired) electrons. The molecule has 1 aromatic heterocycles. The van der Waals surface area contributed by atoms with Gasteiger partial charge in [-0.2, -0.15) is 0 Å². The summed E-state index contributed by atoms with van der Waals surface area (Å²) in [6.45, 7) is 2.91. The molecule has 4 heteroatoms. The second kappa shape index (κ2) is 2.55. The van der Waals surface area contributed by atoms with Crippen molar-refractivity contribution in [2.75, 3.05) is 6.61 Å². The largest absolute Gasteiger partial charge is 0.367 e. The molecule has 0 aromatic carbocycles. The van der Waals surface area contributed by atoms with Gasteiger partial charge in [-0.1, -0.05) is 0 Å². The summed E-state index contributed by atoms with van der Waals surface area (Å²) < 4.78 is 7.56. The van der Waals surface area contributed by atoms with Gasteiger partial charge < -0.3 is 9.30 Å². The van der Waals surface area contributed by atoms with Gasteiger partial charge in [0.05, 0.1) is 0 Å². The van der Waals surface area contributed by atoms with E-state index in [1.54, 1.807) is 6.33 Å². The van der Waals surface area contributed by atoms with E-state index in [0.29, 0.717) is 0 Å². The molecule has 0 N–H and O–H groups in total. The molecule has 4 nitrogen and oxygen atoms in total. The Morgan fingerprint density at radius 1 is 1.67 bits per heavy atom. The van der Waals surface area contributed by atoms with Crippen molar-refractivity contribution in [1.82, 2.24) is 14.8 Å². The van der Waals surface area contributed by atoms with Crippen LogP contribution in [0, 0.1) is 0 Å². The first-order valence-electron chi connectivity index (χ1n) is 4.21. The third kappa shape index (κ3) is 1.03. The molecule has 1 unspecified atom stereocenters. The first-order chi connectivity index (χ1) is 5.72. The topological polar surface area (TPSA) is 39.9 Å². The van der Waals surface area contributed by atoms with Crippen molar-refractivity contribution in [3.05, 3.63) is 12.2 Å². The Bertz CT molecular complexity index is 276. The van der Waals surface area contributed by atoms with Gasteiger partial charge in [0.1, 0.15) is 11.9 Å². The number of ether oxygens (including phenoxy) is 1. The molecule has 2 heterocycles. The highest BCUT2D eigenvalue weighted by Gasteiger charge is 2.35. The van der Waals surface area contributed by atoms with Crippen LogP contribution in [0.4, 0.5) is 0 Å². The van der Waals surface area contributed by atoms with Gasteiger partial charge in [0.2, 0.25) is 0 Å². The van der Waals surface area contributed by atoms with Gasteiger partial charge >= 0.3 is 0 Å².